The molecule has 1 aliphatic heterocycles. The van der Waals surface area contributed by atoms with E-state index in [1.54, 1.807) is 6.20 Å². The molecule has 1 unspecified atom stereocenters. The summed E-state index contributed by atoms with van der Waals surface area (Å²) in [4.78, 5) is 16.5. The molecule has 0 saturated carbocycles. The summed E-state index contributed by atoms with van der Waals surface area (Å²) in [5.74, 6) is 1.78. The number of rotatable bonds is 8. The van der Waals surface area contributed by atoms with Crippen LogP contribution in [0.2, 0.25) is 0 Å². The highest BCUT2D eigenvalue weighted by atomic mass is 35.5. The number of benzene rings is 1. The molecule has 160 valence electrons. The van der Waals surface area contributed by atoms with Gasteiger partial charge in [0.1, 0.15) is 17.6 Å². The number of carbonyl (C=O) groups is 1. The van der Waals surface area contributed by atoms with E-state index in [-0.39, 0.29) is 30.7 Å². The quantitative estimate of drug-likeness (QED) is 0.651. The SMILES string of the molecule is CCCOc1ccc(Oc2ncccc2CNC(=O)C2CNCCO2)cc1.Cl.Cl. The Hall–Kier alpha value is -2.06. The van der Waals surface area contributed by atoms with Gasteiger partial charge < -0.3 is 24.8 Å². The normalized spacial score (nSPS) is 15.4. The zero-order valence-electron chi connectivity index (χ0n) is 16.3. The van der Waals surface area contributed by atoms with Gasteiger partial charge in [-0.25, -0.2) is 4.98 Å². The summed E-state index contributed by atoms with van der Waals surface area (Å²) in [5, 5.41) is 6.03. The summed E-state index contributed by atoms with van der Waals surface area (Å²) in [5.41, 5.74) is 0.793. The molecule has 2 N–H and O–H groups in total. The largest absolute Gasteiger partial charge is 0.494 e. The van der Waals surface area contributed by atoms with Crippen molar-refractivity contribution in [3.05, 3.63) is 48.2 Å². The van der Waals surface area contributed by atoms with Gasteiger partial charge in [0, 0.05) is 31.4 Å². The molecule has 9 heteroatoms. The van der Waals surface area contributed by atoms with Gasteiger partial charge in [-0.1, -0.05) is 13.0 Å². The molecule has 1 aromatic carbocycles. The molecule has 0 bridgehead atoms. The number of amides is 1. The Balaban J connectivity index is 0.00000210. The van der Waals surface area contributed by atoms with E-state index >= 15 is 0 Å². The number of nitrogens with one attached hydrogen (secondary N) is 2. The van der Waals surface area contributed by atoms with Gasteiger partial charge in [0.15, 0.2) is 0 Å². The summed E-state index contributed by atoms with van der Waals surface area (Å²) in [6.07, 6.45) is 2.16. The molecule has 1 saturated heterocycles. The number of ether oxygens (including phenoxy) is 3. The van der Waals surface area contributed by atoms with E-state index in [9.17, 15) is 4.79 Å². The van der Waals surface area contributed by atoms with Crippen LogP contribution in [0.25, 0.3) is 0 Å². The number of halogens is 2. The number of pyridine rings is 1. The van der Waals surface area contributed by atoms with Gasteiger partial charge in [-0.15, -0.1) is 24.8 Å². The van der Waals surface area contributed by atoms with Crippen molar-refractivity contribution in [1.82, 2.24) is 15.6 Å². The zero-order chi connectivity index (χ0) is 18.9. The van der Waals surface area contributed by atoms with Crippen molar-refractivity contribution in [3.63, 3.8) is 0 Å². The Morgan fingerprint density at radius 3 is 2.69 bits per heavy atom. The summed E-state index contributed by atoms with van der Waals surface area (Å²) < 4.78 is 16.9. The Morgan fingerprint density at radius 1 is 1.24 bits per heavy atom. The van der Waals surface area contributed by atoms with Gasteiger partial charge in [-0.05, 0) is 36.8 Å². The number of morpholine rings is 1. The molecule has 2 heterocycles. The van der Waals surface area contributed by atoms with Gasteiger partial charge in [0.2, 0.25) is 5.88 Å². The van der Waals surface area contributed by atoms with Crippen LogP contribution >= 0.6 is 24.8 Å². The second kappa shape index (κ2) is 13.2. The van der Waals surface area contributed by atoms with E-state index < -0.39 is 6.10 Å². The van der Waals surface area contributed by atoms with E-state index in [4.69, 9.17) is 14.2 Å². The minimum Gasteiger partial charge on any atom is -0.494 e. The molecule has 0 aliphatic carbocycles. The average molecular weight is 444 g/mol. The Morgan fingerprint density at radius 2 is 2.00 bits per heavy atom. The predicted molar refractivity (Wildman–Crippen MR) is 115 cm³/mol. The van der Waals surface area contributed by atoms with E-state index in [2.05, 4.69) is 22.5 Å². The second-order valence-corrected chi connectivity index (χ2v) is 6.17. The van der Waals surface area contributed by atoms with Crippen LogP contribution < -0.4 is 20.1 Å². The highest BCUT2D eigenvalue weighted by Crippen LogP contribution is 2.25. The fourth-order valence-electron chi connectivity index (χ4n) is 2.62. The maximum Gasteiger partial charge on any atom is 0.250 e. The van der Waals surface area contributed by atoms with Crippen LogP contribution in [0.3, 0.4) is 0 Å². The second-order valence-electron chi connectivity index (χ2n) is 6.17. The molecule has 1 amide bonds. The van der Waals surface area contributed by atoms with Crippen LogP contribution in [0.5, 0.6) is 17.4 Å². The molecule has 1 fully saturated rings. The van der Waals surface area contributed by atoms with Crippen LogP contribution in [0.15, 0.2) is 42.6 Å². The van der Waals surface area contributed by atoms with Gasteiger partial charge >= 0.3 is 0 Å². The summed E-state index contributed by atoms with van der Waals surface area (Å²) >= 11 is 0. The van der Waals surface area contributed by atoms with E-state index in [1.807, 2.05) is 36.4 Å². The first-order valence-corrected chi connectivity index (χ1v) is 9.21. The molecule has 29 heavy (non-hydrogen) atoms. The minimum atomic E-state index is -0.463. The third kappa shape index (κ3) is 7.70. The van der Waals surface area contributed by atoms with Crippen molar-refractivity contribution in [2.75, 3.05) is 26.3 Å². The third-order valence-electron chi connectivity index (χ3n) is 4.03. The molecule has 0 spiro atoms. The molecule has 0 radical (unpaired) electrons. The standard InChI is InChI=1S/C20H25N3O4.2ClH/c1-2-11-25-16-5-7-17(8-6-16)27-20-15(4-3-9-22-20)13-23-19(24)18-14-21-10-12-26-18;;/h3-9,18,21H,2,10-14H2,1H3,(H,23,24);2*1H. The Labute approximate surface area is 183 Å². The highest BCUT2D eigenvalue weighted by molar-refractivity contribution is 5.85. The maximum atomic E-state index is 12.2. The monoisotopic (exact) mass is 443 g/mol. The lowest BCUT2D eigenvalue weighted by Crippen LogP contribution is -2.47. The molecular formula is C20H27Cl2N3O4. The van der Waals surface area contributed by atoms with Crippen molar-refractivity contribution >= 4 is 30.7 Å². The first-order chi connectivity index (χ1) is 13.3. The topological polar surface area (TPSA) is 81.7 Å². The Bertz CT molecular complexity index is 741. The lowest BCUT2D eigenvalue weighted by atomic mass is 10.2. The number of carbonyl (C=O) groups excluding carboxylic acids is 1. The molecule has 1 aromatic heterocycles. The average Bonchev–Trinajstić information content (AvgIpc) is 2.73. The Kier molecular flexibility index (Phi) is 11.4. The smallest absolute Gasteiger partial charge is 0.250 e. The highest BCUT2D eigenvalue weighted by Gasteiger charge is 2.21. The molecule has 3 rings (SSSR count). The zero-order valence-corrected chi connectivity index (χ0v) is 17.9. The molecular weight excluding hydrogens is 417 g/mol. The number of hydrogen-bond donors (Lipinski definition) is 2. The van der Waals surface area contributed by atoms with Crippen molar-refractivity contribution < 1.29 is 19.0 Å². The van der Waals surface area contributed by atoms with Crippen LogP contribution in [-0.4, -0.2) is 43.3 Å². The van der Waals surface area contributed by atoms with Crippen molar-refractivity contribution in [3.8, 4) is 17.4 Å². The molecule has 1 aliphatic rings. The summed E-state index contributed by atoms with van der Waals surface area (Å²) in [6, 6.07) is 11.1. The van der Waals surface area contributed by atoms with Crippen LogP contribution in [0.1, 0.15) is 18.9 Å². The first kappa shape index (κ1) is 25.0. The molecule has 1 atom stereocenters. The number of hydrogen-bond acceptors (Lipinski definition) is 6. The van der Waals surface area contributed by atoms with E-state index in [0.717, 1.165) is 24.3 Å². The molecule has 7 nitrogen and oxygen atoms in total. The van der Waals surface area contributed by atoms with Crippen LogP contribution in [0, 0.1) is 0 Å². The number of nitrogens with zero attached hydrogens (tertiary/aromatic N) is 1. The van der Waals surface area contributed by atoms with Crippen LogP contribution in [-0.2, 0) is 16.1 Å². The van der Waals surface area contributed by atoms with Crippen molar-refractivity contribution in [2.45, 2.75) is 26.0 Å². The van der Waals surface area contributed by atoms with Crippen LogP contribution in [0.4, 0.5) is 0 Å². The van der Waals surface area contributed by atoms with Gasteiger partial charge in [0.25, 0.3) is 5.91 Å². The van der Waals surface area contributed by atoms with Gasteiger partial charge in [-0.2, -0.15) is 0 Å². The summed E-state index contributed by atoms with van der Waals surface area (Å²) in [6.45, 7) is 4.90. The third-order valence-corrected chi connectivity index (χ3v) is 4.03. The lowest BCUT2D eigenvalue weighted by Gasteiger charge is -2.22. The predicted octanol–water partition coefficient (Wildman–Crippen LogP) is 3.11. The van der Waals surface area contributed by atoms with Gasteiger partial charge in [0.05, 0.1) is 13.2 Å². The van der Waals surface area contributed by atoms with E-state index in [1.165, 1.54) is 0 Å². The lowest BCUT2D eigenvalue weighted by molar-refractivity contribution is -0.134. The maximum absolute atomic E-state index is 12.2. The minimum absolute atomic E-state index is 0. The van der Waals surface area contributed by atoms with Gasteiger partial charge in [-0.3, -0.25) is 4.79 Å². The first-order valence-electron chi connectivity index (χ1n) is 9.21. The van der Waals surface area contributed by atoms with Crippen molar-refractivity contribution in [2.24, 2.45) is 0 Å². The fraction of sp³-hybridized carbons (Fsp3) is 0.400. The fourth-order valence-corrected chi connectivity index (χ4v) is 2.62. The summed E-state index contributed by atoms with van der Waals surface area (Å²) in [7, 11) is 0. The van der Waals surface area contributed by atoms with E-state index in [0.29, 0.717) is 37.9 Å². The molecule has 2 aromatic rings. The van der Waals surface area contributed by atoms with Crippen molar-refractivity contribution in [1.29, 1.82) is 0 Å². The number of aromatic nitrogens is 1.